The summed E-state index contributed by atoms with van der Waals surface area (Å²) in [6, 6.07) is 11.4. The zero-order chi connectivity index (χ0) is 21.4. The SMILES string of the molecule is Cc1ccc(C)c(NC(=O)Cn2nc(C)c3cnn(-c4ccc(F)cc4)c3c2=O)c1. The van der Waals surface area contributed by atoms with Crippen LogP contribution in [0, 0.1) is 26.6 Å². The Hall–Kier alpha value is -3.81. The molecule has 0 atom stereocenters. The lowest BCUT2D eigenvalue weighted by atomic mass is 10.1. The highest BCUT2D eigenvalue weighted by atomic mass is 19.1. The highest BCUT2D eigenvalue weighted by Crippen LogP contribution is 2.18. The van der Waals surface area contributed by atoms with E-state index in [1.165, 1.54) is 28.9 Å². The standard InChI is InChI=1S/C22H20FN5O2/c1-13-4-5-14(2)19(10-13)25-20(29)12-27-22(30)21-18(15(3)26-27)11-24-28(21)17-8-6-16(23)7-9-17/h4-11H,12H2,1-3H3,(H,25,29). The number of benzene rings is 2. The molecule has 7 nitrogen and oxygen atoms in total. The normalized spacial score (nSPS) is 11.1. The van der Waals surface area contributed by atoms with Crippen LogP contribution >= 0.6 is 0 Å². The van der Waals surface area contributed by atoms with E-state index in [0.717, 1.165) is 15.8 Å². The number of halogens is 1. The molecule has 0 radical (unpaired) electrons. The van der Waals surface area contributed by atoms with Crippen LogP contribution in [0.3, 0.4) is 0 Å². The molecular formula is C22H20FN5O2. The molecule has 0 spiro atoms. The number of rotatable bonds is 4. The molecule has 0 aliphatic heterocycles. The van der Waals surface area contributed by atoms with Gasteiger partial charge in [-0.1, -0.05) is 12.1 Å². The summed E-state index contributed by atoms with van der Waals surface area (Å²) in [5, 5.41) is 12.0. The number of aromatic nitrogens is 4. The molecule has 0 saturated heterocycles. The summed E-state index contributed by atoms with van der Waals surface area (Å²) >= 11 is 0. The fourth-order valence-electron chi connectivity index (χ4n) is 3.30. The van der Waals surface area contributed by atoms with Crippen molar-refractivity contribution >= 4 is 22.5 Å². The number of hydrogen-bond donors (Lipinski definition) is 1. The Morgan fingerprint density at radius 2 is 1.83 bits per heavy atom. The van der Waals surface area contributed by atoms with Crippen molar-refractivity contribution in [3.05, 3.63) is 81.7 Å². The van der Waals surface area contributed by atoms with Gasteiger partial charge in [-0.15, -0.1) is 0 Å². The van der Waals surface area contributed by atoms with Crippen LogP contribution in [0.2, 0.25) is 0 Å². The third-order valence-electron chi connectivity index (χ3n) is 4.90. The van der Waals surface area contributed by atoms with Crippen molar-refractivity contribution in [2.75, 3.05) is 5.32 Å². The number of nitrogens with zero attached hydrogens (tertiary/aromatic N) is 4. The molecule has 0 aliphatic rings. The minimum atomic E-state index is -0.450. The minimum Gasteiger partial charge on any atom is -0.324 e. The number of aryl methyl sites for hydroxylation is 3. The van der Waals surface area contributed by atoms with Gasteiger partial charge in [-0.05, 0) is 62.2 Å². The Balaban J connectivity index is 1.71. The fraction of sp³-hybridized carbons (Fsp3) is 0.182. The van der Waals surface area contributed by atoms with Crippen molar-refractivity contribution < 1.29 is 9.18 Å². The molecule has 30 heavy (non-hydrogen) atoms. The molecule has 2 aromatic carbocycles. The molecule has 1 N–H and O–H groups in total. The Labute approximate surface area is 171 Å². The first-order valence-electron chi connectivity index (χ1n) is 9.42. The average molecular weight is 405 g/mol. The smallest absolute Gasteiger partial charge is 0.293 e. The maximum atomic E-state index is 13.3. The van der Waals surface area contributed by atoms with Gasteiger partial charge in [0.15, 0.2) is 0 Å². The number of carbonyl (C=O) groups excluding carboxylic acids is 1. The third-order valence-corrected chi connectivity index (χ3v) is 4.90. The van der Waals surface area contributed by atoms with Crippen LogP contribution in [0.1, 0.15) is 16.8 Å². The molecule has 2 aromatic heterocycles. The first-order chi connectivity index (χ1) is 14.3. The summed E-state index contributed by atoms with van der Waals surface area (Å²) in [6.45, 7) is 5.35. The minimum absolute atomic E-state index is 0.238. The van der Waals surface area contributed by atoms with Crippen LogP contribution in [0.15, 0.2) is 53.5 Å². The van der Waals surface area contributed by atoms with Crippen LogP contribution in [0.5, 0.6) is 0 Å². The fourth-order valence-corrected chi connectivity index (χ4v) is 3.30. The zero-order valence-electron chi connectivity index (χ0n) is 16.8. The van der Waals surface area contributed by atoms with E-state index in [-0.39, 0.29) is 23.8 Å². The predicted octanol–water partition coefficient (Wildman–Crippen LogP) is 3.29. The molecule has 8 heteroatoms. The number of anilines is 1. The first-order valence-corrected chi connectivity index (χ1v) is 9.42. The van der Waals surface area contributed by atoms with Gasteiger partial charge in [-0.3, -0.25) is 9.59 Å². The zero-order valence-corrected chi connectivity index (χ0v) is 16.8. The van der Waals surface area contributed by atoms with Crippen LogP contribution in [0.25, 0.3) is 16.6 Å². The lowest BCUT2D eigenvalue weighted by Gasteiger charge is -2.11. The van der Waals surface area contributed by atoms with Gasteiger partial charge in [0.2, 0.25) is 5.91 Å². The Morgan fingerprint density at radius 1 is 1.10 bits per heavy atom. The van der Waals surface area contributed by atoms with E-state index in [4.69, 9.17) is 0 Å². The second kappa shape index (κ2) is 7.55. The van der Waals surface area contributed by atoms with E-state index in [9.17, 15) is 14.0 Å². The molecule has 0 unspecified atom stereocenters. The van der Waals surface area contributed by atoms with Gasteiger partial charge >= 0.3 is 0 Å². The predicted molar refractivity (Wildman–Crippen MR) is 112 cm³/mol. The third kappa shape index (κ3) is 3.59. The largest absolute Gasteiger partial charge is 0.324 e. The molecule has 0 bridgehead atoms. The molecule has 0 saturated carbocycles. The van der Waals surface area contributed by atoms with Gasteiger partial charge in [-0.2, -0.15) is 10.2 Å². The number of amides is 1. The van der Waals surface area contributed by atoms with Crippen molar-refractivity contribution in [2.24, 2.45) is 0 Å². The Bertz CT molecular complexity index is 1320. The lowest BCUT2D eigenvalue weighted by molar-refractivity contribution is -0.117. The maximum absolute atomic E-state index is 13.3. The van der Waals surface area contributed by atoms with Gasteiger partial charge in [0.25, 0.3) is 5.56 Å². The number of fused-ring (bicyclic) bond motifs is 1. The monoisotopic (exact) mass is 405 g/mol. The maximum Gasteiger partial charge on any atom is 0.293 e. The number of carbonyl (C=O) groups is 1. The quantitative estimate of drug-likeness (QED) is 0.565. The average Bonchev–Trinajstić information content (AvgIpc) is 3.15. The summed E-state index contributed by atoms with van der Waals surface area (Å²) in [4.78, 5) is 25.7. The van der Waals surface area contributed by atoms with Gasteiger partial charge < -0.3 is 5.32 Å². The second-order valence-corrected chi connectivity index (χ2v) is 7.21. The molecule has 0 fully saturated rings. The highest BCUT2D eigenvalue weighted by molar-refractivity contribution is 5.91. The topological polar surface area (TPSA) is 81.8 Å². The van der Waals surface area contributed by atoms with E-state index < -0.39 is 5.56 Å². The van der Waals surface area contributed by atoms with Crippen LogP contribution in [-0.2, 0) is 11.3 Å². The molecule has 152 valence electrons. The summed E-state index contributed by atoms with van der Waals surface area (Å²) in [5.41, 5.74) is 3.59. The summed E-state index contributed by atoms with van der Waals surface area (Å²) in [5.74, 6) is -0.738. The van der Waals surface area contributed by atoms with Gasteiger partial charge in [0.05, 0.1) is 17.6 Å². The molecule has 4 aromatic rings. The van der Waals surface area contributed by atoms with Crippen molar-refractivity contribution in [2.45, 2.75) is 27.3 Å². The number of nitrogens with one attached hydrogen (secondary N) is 1. The lowest BCUT2D eigenvalue weighted by Crippen LogP contribution is -2.31. The van der Waals surface area contributed by atoms with E-state index in [0.29, 0.717) is 22.5 Å². The summed E-state index contributed by atoms with van der Waals surface area (Å²) in [7, 11) is 0. The Morgan fingerprint density at radius 3 is 2.57 bits per heavy atom. The molecule has 2 heterocycles. The highest BCUT2D eigenvalue weighted by Gasteiger charge is 2.17. The van der Waals surface area contributed by atoms with Gasteiger partial charge in [-0.25, -0.2) is 13.8 Å². The molecule has 4 rings (SSSR count). The molecular weight excluding hydrogens is 385 g/mol. The van der Waals surface area contributed by atoms with E-state index in [1.54, 1.807) is 13.1 Å². The van der Waals surface area contributed by atoms with Gasteiger partial charge in [0.1, 0.15) is 17.9 Å². The summed E-state index contributed by atoms with van der Waals surface area (Å²) < 4.78 is 15.8. The van der Waals surface area contributed by atoms with Crippen molar-refractivity contribution in [1.29, 1.82) is 0 Å². The van der Waals surface area contributed by atoms with Crippen molar-refractivity contribution in [1.82, 2.24) is 19.6 Å². The molecule has 0 aliphatic carbocycles. The van der Waals surface area contributed by atoms with Crippen LogP contribution in [-0.4, -0.2) is 25.5 Å². The van der Waals surface area contributed by atoms with E-state index in [1.807, 2.05) is 32.0 Å². The summed E-state index contributed by atoms with van der Waals surface area (Å²) in [6.07, 6.45) is 1.54. The molecule has 1 amide bonds. The van der Waals surface area contributed by atoms with Crippen molar-refractivity contribution in [3.63, 3.8) is 0 Å². The van der Waals surface area contributed by atoms with E-state index in [2.05, 4.69) is 15.5 Å². The van der Waals surface area contributed by atoms with Crippen molar-refractivity contribution in [3.8, 4) is 5.69 Å². The Kier molecular flexibility index (Phi) is 4.91. The van der Waals surface area contributed by atoms with E-state index >= 15 is 0 Å². The number of hydrogen-bond acceptors (Lipinski definition) is 4. The van der Waals surface area contributed by atoms with Crippen LogP contribution in [0.4, 0.5) is 10.1 Å². The van der Waals surface area contributed by atoms with Crippen LogP contribution < -0.4 is 10.9 Å². The first kappa shape index (κ1) is 19.5. The second-order valence-electron chi connectivity index (χ2n) is 7.21. The van der Waals surface area contributed by atoms with Gasteiger partial charge in [0, 0.05) is 11.1 Å².